The quantitative estimate of drug-likeness (QED) is 0.796. The molecule has 78 valence electrons. The van der Waals surface area contributed by atoms with Crippen molar-refractivity contribution < 1.29 is 4.42 Å². The number of nitrogens with one attached hydrogen (secondary N) is 1. The average Bonchev–Trinajstić information content (AvgIpc) is 2.89. The number of nitrogens with zero attached hydrogens (tertiary/aromatic N) is 2. The lowest BCUT2D eigenvalue weighted by atomic mass is 10.2. The number of rotatable bonds is 2. The van der Waals surface area contributed by atoms with Crippen LogP contribution in [0.4, 0.5) is 0 Å². The second-order valence-electron chi connectivity index (χ2n) is 3.77. The van der Waals surface area contributed by atoms with Gasteiger partial charge in [-0.05, 0) is 12.1 Å². The van der Waals surface area contributed by atoms with Crippen LogP contribution in [0.1, 0.15) is 17.1 Å². The second kappa shape index (κ2) is 3.55. The summed E-state index contributed by atoms with van der Waals surface area (Å²) in [6, 6.07) is 3.91. The Morgan fingerprint density at radius 3 is 3.40 bits per heavy atom. The summed E-state index contributed by atoms with van der Waals surface area (Å²) < 4.78 is 7.51. The van der Waals surface area contributed by atoms with E-state index in [-0.39, 0.29) is 0 Å². The van der Waals surface area contributed by atoms with Gasteiger partial charge in [0.1, 0.15) is 5.76 Å². The molecule has 4 nitrogen and oxygen atoms in total. The van der Waals surface area contributed by atoms with Crippen LogP contribution in [0.2, 0.25) is 0 Å². The van der Waals surface area contributed by atoms with Crippen LogP contribution in [0.25, 0.3) is 0 Å². The Labute approximate surface area is 87.9 Å². The largest absolute Gasteiger partial charge is 0.467 e. The van der Waals surface area contributed by atoms with E-state index in [2.05, 4.69) is 14.9 Å². The van der Waals surface area contributed by atoms with E-state index < -0.39 is 0 Å². The molecule has 0 fully saturated rings. The number of furan rings is 1. The van der Waals surface area contributed by atoms with Gasteiger partial charge in [-0.3, -0.25) is 0 Å². The van der Waals surface area contributed by atoms with Crippen molar-refractivity contribution in [2.45, 2.75) is 19.5 Å². The molecule has 0 atom stereocenters. The number of hydrogen-bond acceptors (Lipinski definition) is 3. The fourth-order valence-corrected chi connectivity index (χ4v) is 2.01. The fraction of sp³-hybridized carbons (Fsp3) is 0.364. The lowest BCUT2D eigenvalue weighted by Crippen LogP contribution is -2.25. The van der Waals surface area contributed by atoms with Crippen LogP contribution in [-0.2, 0) is 19.5 Å². The van der Waals surface area contributed by atoms with Gasteiger partial charge in [-0.15, -0.1) is 0 Å². The first-order chi connectivity index (χ1) is 7.43. The van der Waals surface area contributed by atoms with Crippen molar-refractivity contribution in [3.63, 3.8) is 0 Å². The molecule has 0 aliphatic carbocycles. The molecule has 0 spiro atoms. The van der Waals surface area contributed by atoms with E-state index in [9.17, 15) is 0 Å². The van der Waals surface area contributed by atoms with Crippen molar-refractivity contribution >= 4 is 0 Å². The average molecular weight is 203 g/mol. The minimum atomic E-state index is 0.787. The molecule has 2 aromatic heterocycles. The molecular formula is C11H13N3O. The molecule has 1 N–H and O–H groups in total. The molecule has 1 aliphatic heterocycles. The van der Waals surface area contributed by atoms with E-state index in [1.54, 1.807) is 6.26 Å². The van der Waals surface area contributed by atoms with Gasteiger partial charge in [0.25, 0.3) is 0 Å². The Morgan fingerprint density at radius 1 is 1.53 bits per heavy atom. The van der Waals surface area contributed by atoms with E-state index in [1.165, 1.54) is 11.4 Å². The summed E-state index contributed by atoms with van der Waals surface area (Å²) in [7, 11) is 0. The maximum Gasteiger partial charge on any atom is 0.123 e. The summed E-state index contributed by atoms with van der Waals surface area (Å²) in [4.78, 5) is 4.40. The normalized spacial score (nSPS) is 15.2. The summed E-state index contributed by atoms with van der Waals surface area (Å²) in [5.74, 6) is 0.980. The van der Waals surface area contributed by atoms with E-state index in [4.69, 9.17) is 4.42 Å². The third kappa shape index (κ3) is 1.57. The third-order valence-electron chi connectivity index (χ3n) is 2.77. The summed E-state index contributed by atoms with van der Waals surface area (Å²) >= 11 is 0. The van der Waals surface area contributed by atoms with E-state index in [0.717, 1.165) is 31.8 Å². The monoisotopic (exact) mass is 203 g/mol. The van der Waals surface area contributed by atoms with Crippen molar-refractivity contribution in [2.24, 2.45) is 0 Å². The predicted octanol–water partition coefficient (Wildman–Crippen LogP) is 1.17. The minimum absolute atomic E-state index is 0.787. The molecule has 0 unspecified atom stereocenters. The second-order valence-corrected chi connectivity index (χ2v) is 3.77. The highest BCUT2D eigenvalue weighted by atomic mass is 16.3. The molecule has 0 amide bonds. The maximum absolute atomic E-state index is 5.33. The molecule has 15 heavy (non-hydrogen) atoms. The molecule has 0 aromatic carbocycles. The van der Waals surface area contributed by atoms with Gasteiger partial charge in [-0.25, -0.2) is 4.98 Å². The van der Waals surface area contributed by atoms with Crippen LogP contribution in [0, 0.1) is 0 Å². The molecular weight excluding hydrogens is 190 g/mol. The smallest absolute Gasteiger partial charge is 0.123 e. The van der Waals surface area contributed by atoms with Crippen molar-refractivity contribution in [3.05, 3.63) is 41.9 Å². The predicted molar refractivity (Wildman–Crippen MR) is 55.4 cm³/mol. The number of fused-ring (bicyclic) bond motifs is 1. The van der Waals surface area contributed by atoms with Crippen LogP contribution in [0.15, 0.2) is 29.1 Å². The molecule has 2 aromatic rings. The molecule has 0 saturated heterocycles. The van der Waals surface area contributed by atoms with Gasteiger partial charge in [0.2, 0.25) is 0 Å². The van der Waals surface area contributed by atoms with Crippen LogP contribution >= 0.6 is 0 Å². The van der Waals surface area contributed by atoms with Gasteiger partial charge in [0.05, 0.1) is 24.8 Å². The zero-order chi connectivity index (χ0) is 10.1. The Bertz CT molecular complexity index is 444. The standard InChI is InChI=1S/C11H13N3O/c1-2-9(15-5-1)7-14-8-13-10-6-12-4-3-11(10)14/h1-2,5,8,12H,3-4,6-7H2. The number of hydrogen-bond donors (Lipinski definition) is 1. The van der Waals surface area contributed by atoms with Gasteiger partial charge >= 0.3 is 0 Å². The van der Waals surface area contributed by atoms with Crippen molar-refractivity contribution in [3.8, 4) is 0 Å². The van der Waals surface area contributed by atoms with E-state index in [0.29, 0.717) is 0 Å². The van der Waals surface area contributed by atoms with Crippen LogP contribution in [-0.4, -0.2) is 16.1 Å². The van der Waals surface area contributed by atoms with Gasteiger partial charge in [0, 0.05) is 25.2 Å². The molecule has 0 saturated carbocycles. The van der Waals surface area contributed by atoms with Crippen LogP contribution in [0.5, 0.6) is 0 Å². The number of imidazole rings is 1. The molecule has 0 radical (unpaired) electrons. The number of aromatic nitrogens is 2. The van der Waals surface area contributed by atoms with Gasteiger partial charge in [0.15, 0.2) is 0 Å². The van der Waals surface area contributed by atoms with Gasteiger partial charge in [-0.1, -0.05) is 0 Å². The first-order valence-corrected chi connectivity index (χ1v) is 5.19. The summed E-state index contributed by atoms with van der Waals surface area (Å²) in [5, 5.41) is 3.31. The first-order valence-electron chi connectivity index (χ1n) is 5.19. The Kier molecular flexibility index (Phi) is 2.07. The van der Waals surface area contributed by atoms with Crippen LogP contribution < -0.4 is 5.32 Å². The maximum atomic E-state index is 5.33. The highest BCUT2D eigenvalue weighted by Gasteiger charge is 2.14. The SMILES string of the molecule is c1coc(Cn2cnc3c2CCNC3)c1. The Morgan fingerprint density at radius 2 is 2.53 bits per heavy atom. The highest BCUT2D eigenvalue weighted by Crippen LogP contribution is 2.14. The summed E-state index contributed by atoms with van der Waals surface area (Å²) in [5.41, 5.74) is 2.51. The van der Waals surface area contributed by atoms with Gasteiger partial charge < -0.3 is 14.3 Å². The van der Waals surface area contributed by atoms with Crippen molar-refractivity contribution in [2.75, 3.05) is 6.54 Å². The van der Waals surface area contributed by atoms with E-state index >= 15 is 0 Å². The van der Waals surface area contributed by atoms with Crippen molar-refractivity contribution in [1.82, 2.24) is 14.9 Å². The van der Waals surface area contributed by atoms with Gasteiger partial charge in [-0.2, -0.15) is 0 Å². The first kappa shape index (κ1) is 8.73. The Balaban J connectivity index is 1.89. The zero-order valence-electron chi connectivity index (χ0n) is 8.44. The third-order valence-corrected chi connectivity index (χ3v) is 2.77. The molecule has 1 aliphatic rings. The summed E-state index contributed by atoms with van der Waals surface area (Å²) in [6.07, 6.45) is 4.66. The topological polar surface area (TPSA) is 43.0 Å². The Hall–Kier alpha value is -1.55. The molecule has 4 heteroatoms. The molecule has 0 bridgehead atoms. The fourth-order valence-electron chi connectivity index (χ4n) is 2.01. The molecule has 3 rings (SSSR count). The van der Waals surface area contributed by atoms with Crippen LogP contribution in [0.3, 0.4) is 0 Å². The minimum Gasteiger partial charge on any atom is -0.467 e. The summed E-state index contributed by atoms with van der Waals surface area (Å²) in [6.45, 7) is 2.71. The lowest BCUT2D eigenvalue weighted by Gasteiger charge is -2.14. The molecule has 3 heterocycles. The zero-order valence-corrected chi connectivity index (χ0v) is 8.44. The van der Waals surface area contributed by atoms with Crippen molar-refractivity contribution in [1.29, 1.82) is 0 Å². The lowest BCUT2D eigenvalue weighted by molar-refractivity contribution is 0.486. The highest BCUT2D eigenvalue weighted by molar-refractivity contribution is 5.17. The van der Waals surface area contributed by atoms with E-state index in [1.807, 2.05) is 18.5 Å².